The van der Waals surface area contributed by atoms with E-state index in [2.05, 4.69) is 5.32 Å². The summed E-state index contributed by atoms with van der Waals surface area (Å²) in [7, 11) is 0. The third-order valence-electron chi connectivity index (χ3n) is 3.47. The number of amides is 1. The molecule has 1 amide bonds. The maximum absolute atomic E-state index is 10.5. The van der Waals surface area contributed by atoms with Crippen LogP contribution in [0.1, 0.15) is 38.5 Å². The highest BCUT2D eigenvalue weighted by Gasteiger charge is 2.41. The third kappa shape index (κ3) is 1.28. The molecule has 3 nitrogen and oxygen atoms in total. The molecular weight excluding hydrogens is 154 g/mol. The fourth-order valence-electron chi connectivity index (χ4n) is 2.66. The number of carboxylic acid groups (broad SMARTS) is 1. The van der Waals surface area contributed by atoms with Gasteiger partial charge in [0.1, 0.15) is 0 Å². The third-order valence-corrected chi connectivity index (χ3v) is 3.47. The Hall–Kier alpha value is -0.730. The van der Waals surface area contributed by atoms with Gasteiger partial charge in [0.2, 0.25) is 0 Å². The van der Waals surface area contributed by atoms with Crippen molar-refractivity contribution in [3.8, 4) is 0 Å². The molecule has 0 aromatic heterocycles. The molecule has 3 aliphatic rings. The van der Waals surface area contributed by atoms with Gasteiger partial charge in [0, 0.05) is 5.54 Å². The number of hydrogen-bond donors (Lipinski definition) is 2. The predicted octanol–water partition coefficient (Wildman–Crippen LogP) is 1.98. The lowest BCUT2D eigenvalue weighted by Crippen LogP contribution is -2.53. The van der Waals surface area contributed by atoms with Crippen molar-refractivity contribution in [1.82, 2.24) is 5.32 Å². The van der Waals surface area contributed by atoms with Crippen molar-refractivity contribution in [1.29, 1.82) is 0 Å². The zero-order valence-electron chi connectivity index (χ0n) is 7.18. The molecule has 0 aliphatic heterocycles. The minimum Gasteiger partial charge on any atom is -0.465 e. The van der Waals surface area contributed by atoms with Crippen LogP contribution in [-0.2, 0) is 0 Å². The first-order chi connectivity index (χ1) is 5.70. The predicted molar refractivity (Wildman–Crippen MR) is 45.1 cm³/mol. The first-order valence-corrected chi connectivity index (χ1v) is 4.71. The molecule has 68 valence electrons. The Bertz CT molecular complexity index is 181. The van der Waals surface area contributed by atoms with E-state index in [1.165, 1.54) is 19.3 Å². The van der Waals surface area contributed by atoms with Crippen LogP contribution < -0.4 is 5.32 Å². The SMILES string of the molecule is O=C(O)NC12CCC(CC1)CC2. The van der Waals surface area contributed by atoms with Gasteiger partial charge in [-0.05, 0) is 44.4 Å². The smallest absolute Gasteiger partial charge is 0.405 e. The van der Waals surface area contributed by atoms with Crippen molar-refractivity contribution in [2.75, 3.05) is 0 Å². The van der Waals surface area contributed by atoms with Crippen LogP contribution in [0.25, 0.3) is 0 Å². The van der Waals surface area contributed by atoms with Gasteiger partial charge < -0.3 is 10.4 Å². The van der Waals surface area contributed by atoms with E-state index < -0.39 is 6.09 Å². The van der Waals surface area contributed by atoms with Gasteiger partial charge in [-0.25, -0.2) is 4.79 Å². The number of fused-ring (bicyclic) bond motifs is 3. The Labute approximate surface area is 72.2 Å². The lowest BCUT2D eigenvalue weighted by molar-refractivity contribution is 0.0983. The number of nitrogens with one attached hydrogen (secondary N) is 1. The van der Waals surface area contributed by atoms with Gasteiger partial charge in [0.15, 0.2) is 0 Å². The van der Waals surface area contributed by atoms with Crippen molar-refractivity contribution in [2.45, 2.75) is 44.1 Å². The van der Waals surface area contributed by atoms with Gasteiger partial charge >= 0.3 is 6.09 Å². The Morgan fingerprint density at radius 3 is 2.17 bits per heavy atom. The lowest BCUT2D eigenvalue weighted by Gasteiger charge is -2.46. The average molecular weight is 169 g/mol. The van der Waals surface area contributed by atoms with Crippen LogP contribution in [0.5, 0.6) is 0 Å². The fraction of sp³-hybridized carbons (Fsp3) is 0.889. The highest BCUT2D eigenvalue weighted by atomic mass is 16.4. The fourth-order valence-corrected chi connectivity index (χ4v) is 2.66. The van der Waals surface area contributed by atoms with Crippen LogP contribution in [0.4, 0.5) is 4.79 Å². The molecule has 0 radical (unpaired) electrons. The maximum Gasteiger partial charge on any atom is 0.405 e. The minimum absolute atomic E-state index is 0.0411. The molecule has 0 aromatic rings. The molecule has 2 N–H and O–H groups in total. The van der Waals surface area contributed by atoms with Gasteiger partial charge in [-0.2, -0.15) is 0 Å². The van der Waals surface area contributed by atoms with E-state index in [4.69, 9.17) is 5.11 Å². The Balaban J connectivity index is 2.03. The van der Waals surface area contributed by atoms with Crippen molar-refractivity contribution < 1.29 is 9.90 Å². The number of rotatable bonds is 1. The van der Waals surface area contributed by atoms with Crippen LogP contribution in [0.2, 0.25) is 0 Å². The summed E-state index contributed by atoms with van der Waals surface area (Å²) >= 11 is 0. The normalized spacial score (nSPS) is 39.5. The molecule has 3 rings (SSSR count). The van der Waals surface area contributed by atoms with Crippen molar-refractivity contribution in [3.63, 3.8) is 0 Å². The minimum atomic E-state index is -0.852. The molecular formula is C9H15NO2. The van der Waals surface area contributed by atoms with Gasteiger partial charge in [0.05, 0.1) is 0 Å². The molecule has 0 atom stereocenters. The molecule has 3 saturated carbocycles. The first kappa shape index (κ1) is 7.90. The number of carbonyl (C=O) groups is 1. The van der Waals surface area contributed by atoms with E-state index in [9.17, 15) is 4.79 Å². The van der Waals surface area contributed by atoms with Crippen LogP contribution in [0, 0.1) is 5.92 Å². The van der Waals surface area contributed by atoms with Crippen molar-refractivity contribution in [3.05, 3.63) is 0 Å². The molecule has 3 aliphatic carbocycles. The van der Waals surface area contributed by atoms with E-state index >= 15 is 0 Å². The Kier molecular flexibility index (Phi) is 1.74. The summed E-state index contributed by atoms with van der Waals surface area (Å²) in [5.74, 6) is 0.891. The quantitative estimate of drug-likeness (QED) is 0.630. The highest BCUT2D eigenvalue weighted by molar-refractivity contribution is 5.65. The second-order valence-electron chi connectivity index (χ2n) is 4.19. The van der Waals surface area contributed by atoms with Crippen LogP contribution in [-0.4, -0.2) is 16.7 Å². The monoisotopic (exact) mass is 169 g/mol. The van der Waals surface area contributed by atoms with Crippen LogP contribution >= 0.6 is 0 Å². The van der Waals surface area contributed by atoms with E-state index in [0.29, 0.717) is 0 Å². The lowest BCUT2D eigenvalue weighted by atomic mass is 9.66. The highest BCUT2D eigenvalue weighted by Crippen LogP contribution is 2.43. The van der Waals surface area contributed by atoms with Gasteiger partial charge in [-0.3, -0.25) is 0 Å². The second-order valence-corrected chi connectivity index (χ2v) is 4.19. The summed E-state index contributed by atoms with van der Waals surface area (Å²) in [6.45, 7) is 0. The zero-order chi connectivity index (χ0) is 8.60. The molecule has 0 unspecified atom stereocenters. The Morgan fingerprint density at radius 2 is 1.75 bits per heavy atom. The first-order valence-electron chi connectivity index (χ1n) is 4.71. The largest absolute Gasteiger partial charge is 0.465 e. The molecule has 3 heteroatoms. The van der Waals surface area contributed by atoms with Gasteiger partial charge in [0.25, 0.3) is 0 Å². The summed E-state index contributed by atoms with van der Waals surface area (Å²) in [6.07, 6.45) is 5.99. The summed E-state index contributed by atoms with van der Waals surface area (Å²) in [4.78, 5) is 10.5. The van der Waals surface area contributed by atoms with E-state index in [1.54, 1.807) is 0 Å². The second kappa shape index (κ2) is 2.64. The van der Waals surface area contributed by atoms with E-state index in [1.807, 2.05) is 0 Å². The molecule has 12 heavy (non-hydrogen) atoms. The number of hydrogen-bond acceptors (Lipinski definition) is 1. The van der Waals surface area contributed by atoms with Gasteiger partial charge in [-0.15, -0.1) is 0 Å². The summed E-state index contributed by atoms with van der Waals surface area (Å²) < 4.78 is 0. The van der Waals surface area contributed by atoms with Crippen molar-refractivity contribution >= 4 is 6.09 Å². The molecule has 0 aromatic carbocycles. The summed E-state index contributed by atoms with van der Waals surface area (Å²) in [6, 6.07) is 0. The molecule has 3 fully saturated rings. The summed E-state index contributed by atoms with van der Waals surface area (Å²) in [5.41, 5.74) is -0.0411. The van der Waals surface area contributed by atoms with E-state index in [-0.39, 0.29) is 5.54 Å². The topological polar surface area (TPSA) is 49.3 Å². The van der Waals surface area contributed by atoms with Crippen LogP contribution in [0.15, 0.2) is 0 Å². The summed E-state index contributed by atoms with van der Waals surface area (Å²) in [5, 5.41) is 11.4. The van der Waals surface area contributed by atoms with E-state index in [0.717, 1.165) is 25.2 Å². The standard InChI is InChI=1S/C9H15NO2/c11-8(12)10-9-4-1-7(2-5-9)3-6-9/h7,10H,1-6H2,(H,11,12). The molecule has 0 saturated heterocycles. The molecule has 0 spiro atoms. The van der Waals surface area contributed by atoms with Gasteiger partial charge in [-0.1, -0.05) is 0 Å². The Morgan fingerprint density at radius 1 is 1.25 bits per heavy atom. The zero-order valence-corrected chi connectivity index (χ0v) is 7.18. The molecule has 0 heterocycles. The average Bonchev–Trinajstić information content (AvgIpc) is 2.05. The molecule has 2 bridgehead atoms. The maximum atomic E-state index is 10.5. The van der Waals surface area contributed by atoms with Crippen molar-refractivity contribution in [2.24, 2.45) is 5.92 Å². The van der Waals surface area contributed by atoms with Crippen LogP contribution in [0.3, 0.4) is 0 Å².